The van der Waals surface area contributed by atoms with Crippen molar-refractivity contribution in [3.63, 3.8) is 0 Å². The third-order valence-electron chi connectivity index (χ3n) is 1.76. The molecule has 5 heteroatoms. The second-order valence-corrected chi connectivity index (χ2v) is 5.18. The highest BCUT2D eigenvalue weighted by Gasteiger charge is 2.07. The Kier molecular flexibility index (Phi) is 5.08. The normalized spacial score (nSPS) is 10.7. The lowest BCUT2D eigenvalue weighted by atomic mass is 10.4. The predicted octanol–water partition coefficient (Wildman–Crippen LogP) is 2.13. The van der Waals surface area contributed by atoms with Gasteiger partial charge in [-0.3, -0.25) is 4.79 Å². The molecule has 1 rings (SSSR count). The monoisotopic (exact) mass is 246 g/mol. The van der Waals surface area contributed by atoms with E-state index in [9.17, 15) is 4.79 Å². The van der Waals surface area contributed by atoms with Crippen LogP contribution in [0.2, 0.25) is 4.34 Å². The summed E-state index contributed by atoms with van der Waals surface area (Å²) in [7, 11) is 0. The van der Waals surface area contributed by atoms with Gasteiger partial charge in [0.15, 0.2) is 0 Å². The molecule has 0 aliphatic rings. The van der Waals surface area contributed by atoms with E-state index >= 15 is 0 Å². The molecule has 1 amide bonds. The minimum atomic E-state index is -0.0579. The number of amides is 1. The summed E-state index contributed by atoms with van der Waals surface area (Å²) >= 11 is 7.03. The molecule has 0 spiro atoms. The Balaban J connectivity index is 2.25. The van der Waals surface area contributed by atoms with E-state index in [4.69, 9.17) is 11.6 Å². The highest BCUT2D eigenvalue weighted by Crippen LogP contribution is 2.20. The zero-order valence-corrected chi connectivity index (χ0v) is 10.4. The van der Waals surface area contributed by atoms with Gasteiger partial charge in [-0.25, -0.2) is 0 Å². The molecule has 84 valence electrons. The summed E-state index contributed by atoms with van der Waals surface area (Å²) in [5.41, 5.74) is 0. The van der Waals surface area contributed by atoms with Crippen LogP contribution in [0.4, 0.5) is 0 Å². The maximum Gasteiger partial charge on any atom is 0.261 e. The number of carbonyl (C=O) groups is 1. The number of halogens is 1. The van der Waals surface area contributed by atoms with E-state index < -0.39 is 0 Å². The van der Waals surface area contributed by atoms with E-state index in [0.29, 0.717) is 21.8 Å². The maximum atomic E-state index is 11.5. The fourth-order valence-electron chi connectivity index (χ4n) is 1.06. The van der Waals surface area contributed by atoms with Crippen LogP contribution in [-0.2, 0) is 0 Å². The molecule has 0 aliphatic heterocycles. The molecule has 1 aromatic heterocycles. The summed E-state index contributed by atoms with van der Waals surface area (Å²) in [5, 5.41) is 6.04. The van der Waals surface area contributed by atoms with Gasteiger partial charge in [-0.05, 0) is 12.1 Å². The van der Waals surface area contributed by atoms with Crippen molar-refractivity contribution in [2.24, 2.45) is 0 Å². The minimum Gasteiger partial charge on any atom is -0.350 e. The Hall–Kier alpha value is -0.580. The molecule has 0 aromatic carbocycles. The Labute approximate surface area is 98.8 Å². The van der Waals surface area contributed by atoms with Crippen molar-refractivity contribution in [3.05, 3.63) is 21.3 Å². The van der Waals surface area contributed by atoms with Gasteiger partial charge >= 0.3 is 0 Å². The number of carbonyl (C=O) groups excluding carboxylic acids is 1. The lowest BCUT2D eigenvalue weighted by Gasteiger charge is -2.08. The van der Waals surface area contributed by atoms with Crippen LogP contribution in [0.5, 0.6) is 0 Å². The maximum absolute atomic E-state index is 11.5. The number of hydrogen-bond acceptors (Lipinski definition) is 3. The van der Waals surface area contributed by atoms with E-state index in [1.807, 2.05) is 0 Å². The van der Waals surface area contributed by atoms with Crippen LogP contribution in [0.15, 0.2) is 12.1 Å². The quantitative estimate of drug-likeness (QED) is 0.782. The molecular weight excluding hydrogens is 232 g/mol. The highest BCUT2D eigenvalue weighted by atomic mass is 35.5. The first-order valence-corrected chi connectivity index (χ1v) is 6.06. The summed E-state index contributed by atoms with van der Waals surface area (Å²) in [5.74, 6) is -0.0579. The first-order valence-electron chi connectivity index (χ1n) is 4.86. The lowest BCUT2D eigenvalue weighted by molar-refractivity contribution is 0.0957. The second kappa shape index (κ2) is 6.10. The SMILES string of the molecule is CC(C)NCCNC(=O)c1ccc(Cl)s1. The van der Waals surface area contributed by atoms with Crippen molar-refractivity contribution in [3.8, 4) is 0 Å². The summed E-state index contributed by atoms with van der Waals surface area (Å²) in [6, 6.07) is 3.91. The minimum absolute atomic E-state index is 0.0579. The molecule has 0 atom stereocenters. The van der Waals surface area contributed by atoms with Gasteiger partial charge in [-0.2, -0.15) is 0 Å². The van der Waals surface area contributed by atoms with Crippen molar-refractivity contribution in [1.82, 2.24) is 10.6 Å². The Morgan fingerprint density at radius 3 is 2.73 bits per heavy atom. The van der Waals surface area contributed by atoms with Gasteiger partial charge in [-0.15, -0.1) is 11.3 Å². The van der Waals surface area contributed by atoms with Crippen LogP contribution in [0.1, 0.15) is 23.5 Å². The van der Waals surface area contributed by atoms with Crippen molar-refractivity contribution < 1.29 is 4.79 Å². The molecule has 1 heterocycles. The lowest BCUT2D eigenvalue weighted by Crippen LogP contribution is -2.34. The van der Waals surface area contributed by atoms with Gasteiger partial charge in [-0.1, -0.05) is 25.4 Å². The molecule has 3 nitrogen and oxygen atoms in total. The van der Waals surface area contributed by atoms with Gasteiger partial charge in [0.1, 0.15) is 0 Å². The molecule has 1 aromatic rings. The molecule has 0 saturated heterocycles. The van der Waals surface area contributed by atoms with Crippen molar-refractivity contribution in [2.75, 3.05) is 13.1 Å². The second-order valence-electron chi connectivity index (χ2n) is 3.47. The molecule has 15 heavy (non-hydrogen) atoms. The number of nitrogens with one attached hydrogen (secondary N) is 2. The number of hydrogen-bond donors (Lipinski definition) is 2. The van der Waals surface area contributed by atoms with E-state index in [0.717, 1.165) is 6.54 Å². The van der Waals surface area contributed by atoms with E-state index in [-0.39, 0.29) is 5.91 Å². The first-order chi connectivity index (χ1) is 7.09. The molecule has 0 radical (unpaired) electrons. The van der Waals surface area contributed by atoms with Crippen molar-refractivity contribution in [2.45, 2.75) is 19.9 Å². The summed E-state index contributed by atoms with van der Waals surface area (Å²) in [6.07, 6.45) is 0. The van der Waals surface area contributed by atoms with Crippen LogP contribution in [0.25, 0.3) is 0 Å². The van der Waals surface area contributed by atoms with Crippen LogP contribution >= 0.6 is 22.9 Å². The van der Waals surface area contributed by atoms with Gasteiger partial charge in [0.05, 0.1) is 9.21 Å². The molecule has 0 unspecified atom stereocenters. The molecular formula is C10H15ClN2OS. The smallest absolute Gasteiger partial charge is 0.261 e. The summed E-state index contributed by atoms with van der Waals surface area (Å²) < 4.78 is 0.639. The van der Waals surface area contributed by atoms with Crippen molar-refractivity contribution in [1.29, 1.82) is 0 Å². The summed E-state index contributed by atoms with van der Waals surface area (Å²) in [4.78, 5) is 12.2. The molecule has 0 fully saturated rings. The predicted molar refractivity (Wildman–Crippen MR) is 64.8 cm³/mol. The zero-order valence-electron chi connectivity index (χ0n) is 8.84. The molecule has 0 aliphatic carbocycles. The number of thiophene rings is 1. The standard InChI is InChI=1S/C10H15ClN2OS/c1-7(2)12-5-6-13-10(14)8-3-4-9(11)15-8/h3-4,7,12H,5-6H2,1-2H3,(H,13,14). The highest BCUT2D eigenvalue weighted by molar-refractivity contribution is 7.17. The van der Waals surface area contributed by atoms with Crippen LogP contribution < -0.4 is 10.6 Å². The molecule has 0 bridgehead atoms. The van der Waals surface area contributed by atoms with Crippen LogP contribution in [-0.4, -0.2) is 25.0 Å². The average Bonchev–Trinajstić information content (AvgIpc) is 2.59. The van der Waals surface area contributed by atoms with Gasteiger partial charge in [0, 0.05) is 19.1 Å². The van der Waals surface area contributed by atoms with Gasteiger partial charge in [0.2, 0.25) is 0 Å². The van der Waals surface area contributed by atoms with Gasteiger partial charge < -0.3 is 10.6 Å². The largest absolute Gasteiger partial charge is 0.350 e. The molecule has 2 N–H and O–H groups in total. The van der Waals surface area contributed by atoms with E-state index in [1.54, 1.807) is 12.1 Å². The fourth-order valence-corrected chi connectivity index (χ4v) is 2.02. The first kappa shape index (κ1) is 12.5. The van der Waals surface area contributed by atoms with E-state index in [2.05, 4.69) is 24.5 Å². The van der Waals surface area contributed by atoms with Crippen LogP contribution in [0.3, 0.4) is 0 Å². The third-order valence-corrected chi connectivity index (χ3v) is 2.99. The topological polar surface area (TPSA) is 41.1 Å². The third kappa shape index (κ3) is 4.64. The van der Waals surface area contributed by atoms with Gasteiger partial charge in [0.25, 0.3) is 5.91 Å². The fraction of sp³-hybridized carbons (Fsp3) is 0.500. The Morgan fingerprint density at radius 1 is 1.47 bits per heavy atom. The Bertz CT molecular complexity index is 325. The summed E-state index contributed by atoms with van der Waals surface area (Å²) in [6.45, 7) is 5.55. The number of rotatable bonds is 5. The van der Waals surface area contributed by atoms with Crippen molar-refractivity contribution >= 4 is 28.8 Å². The van der Waals surface area contributed by atoms with E-state index in [1.165, 1.54) is 11.3 Å². The van der Waals surface area contributed by atoms with Crippen LogP contribution in [0, 0.1) is 0 Å². The molecule has 0 saturated carbocycles. The Morgan fingerprint density at radius 2 is 2.20 bits per heavy atom. The average molecular weight is 247 g/mol. The zero-order chi connectivity index (χ0) is 11.3.